The van der Waals surface area contributed by atoms with Crippen LogP contribution >= 0.6 is 0 Å². The number of nitrogens with zero attached hydrogens (tertiary/aromatic N) is 1. The Balaban J connectivity index is 2.55. The normalized spacial score (nSPS) is 20.7. The van der Waals surface area contributed by atoms with Crippen molar-refractivity contribution < 1.29 is 4.79 Å². The molecule has 1 saturated carbocycles. The van der Waals surface area contributed by atoms with E-state index in [-0.39, 0.29) is 5.91 Å². The quantitative estimate of drug-likeness (QED) is 0.660. The minimum atomic E-state index is -0.816. The summed E-state index contributed by atoms with van der Waals surface area (Å²) in [5.41, 5.74) is 10.7. The van der Waals surface area contributed by atoms with E-state index in [2.05, 4.69) is 18.7 Å². The van der Waals surface area contributed by atoms with Crippen LogP contribution in [0.3, 0.4) is 0 Å². The zero-order chi connectivity index (χ0) is 11.6. The highest BCUT2D eigenvalue weighted by atomic mass is 16.1. The van der Waals surface area contributed by atoms with Gasteiger partial charge in [-0.2, -0.15) is 0 Å². The Morgan fingerprint density at radius 1 is 1.53 bits per heavy atom. The van der Waals surface area contributed by atoms with Crippen LogP contribution in [0.5, 0.6) is 0 Å². The number of carbonyl (C=O) groups excluding carboxylic acids is 1. The van der Waals surface area contributed by atoms with Crippen molar-refractivity contribution in [2.45, 2.75) is 32.2 Å². The summed E-state index contributed by atoms with van der Waals surface area (Å²) < 4.78 is 0. The lowest BCUT2D eigenvalue weighted by atomic mass is 9.93. The van der Waals surface area contributed by atoms with Crippen molar-refractivity contribution >= 4 is 5.91 Å². The number of carbonyl (C=O) groups is 1. The first-order valence-electron chi connectivity index (χ1n) is 5.63. The molecule has 1 unspecified atom stereocenters. The van der Waals surface area contributed by atoms with Crippen molar-refractivity contribution in [3.05, 3.63) is 0 Å². The summed E-state index contributed by atoms with van der Waals surface area (Å²) >= 11 is 0. The van der Waals surface area contributed by atoms with Gasteiger partial charge in [0.1, 0.15) is 5.54 Å². The van der Waals surface area contributed by atoms with Crippen molar-refractivity contribution in [1.82, 2.24) is 4.90 Å². The van der Waals surface area contributed by atoms with E-state index < -0.39 is 5.54 Å². The molecule has 1 aliphatic rings. The second-order valence-corrected chi connectivity index (χ2v) is 5.27. The van der Waals surface area contributed by atoms with E-state index in [1.807, 2.05) is 7.05 Å². The lowest BCUT2D eigenvalue weighted by Crippen LogP contribution is -2.60. The molecule has 0 radical (unpaired) electrons. The molecule has 0 spiro atoms. The van der Waals surface area contributed by atoms with E-state index in [4.69, 9.17) is 11.5 Å². The van der Waals surface area contributed by atoms with E-state index in [9.17, 15) is 4.79 Å². The smallest absolute Gasteiger partial charge is 0.239 e. The molecule has 0 aromatic carbocycles. The minimum Gasteiger partial charge on any atom is -0.368 e. The van der Waals surface area contributed by atoms with Crippen molar-refractivity contribution in [3.8, 4) is 0 Å². The van der Waals surface area contributed by atoms with Crippen LogP contribution < -0.4 is 11.5 Å². The summed E-state index contributed by atoms with van der Waals surface area (Å²) in [6.07, 6.45) is 2.07. The molecular weight excluding hydrogens is 190 g/mol. The number of nitrogens with two attached hydrogens (primary N) is 2. The second kappa shape index (κ2) is 4.49. The van der Waals surface area contributed by atoms with Gasteiger partial charge in [0.15, 0.2) is 0 Å². The van der Waals surface area contributed by atoms with Crippen molar-refractivity contribution in [2.75, 3.05) is 20.1 Å². The second-order valence-electron chi connectivity index (χ2n) is 5.27. The Morgan fingerprint density at radius 3 is 2.40 bits per heavy atom. The maximum absolute atomic E-state index is 11.4. The molecule has 4 heteroatoms. The van der Waals surface area contributed by atoms with Gasteiger partial charge in [-0.15, -0.1) is 0 Å². The van der Waals surface area contributed by atoms with Crippen LogP contribution in [0, 0.1) is 11.8 Å². The third kappa shape index (κ3) is 3.18. The first-order valence-corrected chi connectivity index (χ1v) is 5.63. The Bertz CT molecular complexity index is 238. The van der Waals surface area contributed by atoms with Crippen LogP contribution in [-0.4, -0.2) is 36.5 Å². The lowest BCUT2D eigenvalue weighted by molar-refractivity contribution is -0.124. The molecule has 1 fully saturated rings. The summed E-state index contributed by atoms with van der Waals surface area (Å²) in [4.78, 5) is 13.5. The van der Waals surface area contributed by atoms with Crippen molar-refractivity contribution in [1.29, 1.82) is 0 Å². The molecule has 1 atom stereocenters. The SMILES string of the molecule is CC(C)CN(C)CC(N)(C(N)=O)C1CC1. The Labute approximate surface area is 92.0 Å². The fourth-order valence-corrected chi connectivity index (χ4v) is 2.14. The standard InChI is InChI=1S/C11H23N3O/c1-8(2)6-14(3)7-11(13,10(12)15)9-4-5-9/h8-9H,4-7,13H2,1-3H3,(H2,12,15). The monoisotopic (exact) mass is 213 g/mol. The molecule has 15 heavy (non-hydrogen) atoms. The van der Waals surface area contributed by atoms with E-state index >= 15 is 0 Å². The van der Waals surface area contributed by atoms with E-state index in [1.165, 1.54) is 0 Å². The van der Waals surface area contributed by atoms with Crippen LogP contribution in [0.15, 0.2) is 0 Å². The highest BCUT2D eigenvalue weighted by Crippen LogP contribution is 2.38. The highest BCUT2D eigenvalue weighted by Gasteiger charge is 2.47. The molecular formula is C11H23N3O. The summed E-state index contributed by atoms with van der Waals surface area (Å²) in [5.74, 6) is 0.511. The number of hydrogen-bond acceptors (Lipinski definition) is 3. The predicted octanol–water partition coefficient (Wildman–Crippen LogP) is 0.167. The zero-order valence-electron chi connectivity index (χ0n) is 9.99. The van der Waals surface area contributed by atoms with Gasteiger partial charge in [0.25, 0.3) is 0 Å². The van der Waals surface area contributed by atoms with Crippen LogP contribution in [-0.2, 0) is 4.79 Å². The third-order valence-electron chi connectivity index (χ3n) is 2.97. The Hall–Kier alpha value is -0.610. The molecule has 0 bridgehead atoms. The summed E-state index contributed by atoms with van der Waals surface area (Å²) in [6.45, 7) is 5.82. The summed E-state index contributed by atoms with van der Waals surface area (Å²) in [7, 11) is 1.99. The Kier molecular flexibility index (Phi) is 3.73. The van der Waals surface area contributed by atoms with Crippen molar-refractivity contribution in [3.63, 3.8) is 0 Å². The highest BCUT2D eigenvalue weighted by molar-refractivity contribution is 5.85. The minimum absolute atomic E-state index is 0.296. The molecule has 0 aliphatic heterocycles. The number of likely N-dealkylation sites (N-methyl/N-ethyl adjacent to an activating group) is 1. The van der Waals surface area contributed by atoms with E-state index in [0.29, 0.717) is 18.4 Å². The van der Waals surface area contributed by atoms with Gasteiger partial charge in [-0.25, -0.2) is 0 Å². The maximum atomic E-state index is 11.4. The van der Waals surface area contributed by atoms with E-state index in [1.54, 1.807) is 0 Å². The fourth-order valence-electron chi connectivity index (χ4n) is 2.14. The summed E-state index contributed by atoms with van der Waals surface area (Å²) in [6, 6.07) is 0. The lowest BCUT2D eigenvalue weighted by Gasteiger charge is -2.31. The Morgan fingerprint density at radius 2 is 2.07 bits per heavy atom. The van der Waals surface area contributed by atoms with Crippen LogP contribution in [0.4, 0.5) is 0 Å². The van der Waals surface area contributed by atoms with Gasteiger partial charge in [-0.3, -0.25) is 4.79 Å². The molecule has 0 aromatic rings. The molecule has 0 saturated heterocycles. The summed E-state index contributed by atoms with van der Waals surface area (Å²) in [5, 5.41) is 0. The number of primary amides is 1. The molecule has 1 rings (SSSR count). The van der Waals surface area contributed by atoms with Gasteiger partial charge in [0.2, 0.25) is 5.91 Å². The molecule has 1 aliphatic carbocycles. The fraction of sp³-hybridized carbons (Fsp3) is 0.909. The third-order valence-corrected chi connectivity index (χ3v) is 2.97. The van der Waals surface area contributed by atoms with Gasteiger partial charge >= 0.3 is 0 Å². The number of hydrogen-bond donors (Lipinski definition) is 2. The van der Waals surface area contributed by atoms with Crippen LogP contribution in [0.1, 0.15) is 26.7 Å². The van der Waals surface area contributed by atoms with Gasteiger partial charge in [-0.05, 0) is 31.7 Å². The zero-order valence-corrected chi connectivity index (χ0v) is 9.99. The largest absolute Gasteiger partial charge is 0.368 e. The van der Waals surface area contributed by atoms with Gasteiger partial charge in [-0.1, -0.05) is 13.8 Å². The number of rotatable bonds is 6. The van der Waals surface area contributed by atoms with E-state index in [0.717, 1.165) is 19.4 Å². The van der Waals surface area contributed by atoms with Gasteiger partial charge in [0, 0.05) is 13.1 Å². The van der Waals surface area contributed by atoms with Crippen LogP contribution in [0.2, 0.25) is 0 Å². The average Bonchev–Trinajstić information content (AvgIpc) is 2.82. The van der Waals surface area contributed by atoms with Crippen molar-refractivity contribution in [2.24, 2.45) is 23.3 Å². The molecule has 0 heterocycles. The van der Waals surface area contributed by atoms with Gasteiger partial charge < -0.3 is 16.4 Å². The van der Waals surface area contributed by atoms with Gasteiger partial charge in [0.05, 0.1) is 0 Å². The topological polar surface area (TPSA) is 72.3 Å². The first kappa shape index (κ1) is 12.5. The first-order chi connectivity index (χ1) is 6.86. The molecule has 1 amide bonds. The number of amides is 1. The molecule has 4 nitrogen and oxygen atoms in total. The van der Waals surface area contributed by atoms with Crippen LogP contribution in [0.25, 0.3) is 0 Å². The maximum Gasteiger partial charge on any atom is 0.239 e. The molecule has 4 N–H and O–H groups in total. The predicted molar refractivity (Wildman–Crippen MR) is 61.2 cm³/mol. The molecule has 88 valence electrons. The molecule has 0 aromatic heterocycles. The average molecular weight is 213 g/mol.